The molecule has 0 spiro atoms. The lowest BCUT2D eigenvalue weighted by Gasteiger charge is -2.24. The van der Waals surface area contributed by atoms with Gasteiger partial charge in [0.2, 0.25) is 0 Å². The highest BCUT2D eigenvalue weighted by Gasteiger charge is 2.15. The number of rotatable bonds is 2. The van der Waals surface area contributed by atoms with E-state index < -0.39 is 0 Å². The van der Waals surface area contributed by atoms with Crippen LogP contribution < -0.4 is 0 Å². The maximum atomic E-state index is 2.38. The predicted molar refractivity (Wildman–Crippen MR) is 71.2 cm³/mol. The van der Waals surface area contributed by atoms with E-state index in [0.717, 1.165) is 11.8 Å². The molecule has 0 bridgehead atoms. The summed E-state index contributed by atoms with van der Waals surface area (Å²) in [7, 11) is 0. The van der Waals surface area contributed by atoms with Gasteiger partial charge in [0, 0.05) is 0 Å². The van der Waals surface area contributed by atoms with Crippen molar-refractivity contribution in [2.24, 2.45) is 17.3 Å². The van der Waals surface area contributed by atoms with Crippen LogP contribution in [0.5, 0.6) is 0 Å². The summed E-state index contributed by atoms with van der Waals surface area (Å²) in [6.07, 6.45) is 8.49. The molecule has 0 unspecified atom stereocenters. The van der Waals surface area contributed by atoms with Crippen LogP contribution in [0.3, 0.4) is 0 Å². The molecule has 0 saturated heterocycles. The molecule has 0 aromatic rings. The van der Waals surface area contributed by atoms with E-state index in [-0.39, 0.29) is 0 Å². The molecule has 0 radical (unpaired) electrons. The number of hydrogen-bond acceptors (Lipinski definition) is 0. The first-order valence-electron chi connectivity index (χ1n) is 6.93. The Balaban J connectivity index is 0.000000265. The largest absolute Gasteiger partial charge is 0.0649 e. The van der Waals surface area contributed by atoms with Gasteiger partial charge in [-0.15, -0.1) is 0 Å². The Bertz CT molecular complexity index is 130. The Kier molecular flexibility index (Phi) is 7.30. The Morgan fingerprint density at radius 1 is 0.867 bits per heavy atom. The van der Waals surface area contributed by atoms with Gasteiger partial charge in [0.15, 0.2) is 0 Å². The van der Waals surface area contributed by atoms with Gasteiger partial charge in [-0.1, -0.05) is 80.1 Å². The van der Waals surface area contributed by atoms with Gasteiger partial charge >= 0.3 is 0 Å². The summed E-state index contributed by atoms with van der Waals surface area (Å²) >= 11 is 0. The molecule has 15 heavy (non-hydrogen) atoms. The van der Waals surface area contributed by atoms with Gasteiger partial charge in [-0.3, -0.25) is 0 Å². The maximum Gasteiger partial charge on any atom is -0.0359 e. The summed E-state index contributed by atoms with van der Waals surface area (Å²) in [5, 5.41) is 0. The average molecular weight is 212 g/mol. The van der Waals surface area contributed by atoms with E-state index in [1.165, 1.54) is 38.5 Å². The van der Waals surface area contributed by atoms with E-state index in [4.69, 9.17) is 0 Å². The lowest BCUT2D eigenvalue weighted by atomic mass is 9.82. The van der Waals surface area contributed by atoms with E-state index in [0.29, 0.717) is 5.41 Å². The third kappa shape index (κ3) is 6.98. The SMILES string of the molecule is CCC(C)(C)CC.C[C@@H]1CCCC[C@@H]1C. The minimum Gasteiger partial charge on any atom is -0.0649 e. The Morgan fingerprint density at radius 2 is 1.20 bits per heavy atom. The van der Waals surface area contributed by atoms with Crippen molar-refractivity contribution in [1.29, 1.82) is 0 Å². The summed E-state index contributed by atoms with van der Waals surface area (Å²) in [4.78, 5) is 0. The van der Waals surface area contributed by atoms with Crippen molar-refractivity contribution in [3.8, 4) is 0 Å². The second-order valence-electron chi connectivity index (χ2n) is 6.11. The predicted octanol–water partition coefficient (Wildman–Crippen LogP) is 5.67. The van der Waals surface area contributed by atoms with Gasteiger partial charge in [-0.05, 0) is 17.3 Å². The van der Waals surface area contributed by atoms with Gasteiger partial charge in [0.1, 0.15) is 0 Å². The zero-order valence-electron chi connectivity index (χ0n) is 11.9. The minimum absolute atomic E-state index is 0.583. The van der Waals surface area contributed by atoms with Crippen molar-refractivity contribution in [3.63, 3.8) is 0 Å². The third-order valence-corrected chi connectivity index (χ3v) is 4.45. The Labute approximate surface area is 97.8 Å². The molecular formula is C15H32. The summed E-state index contributed by atoms with van der Waals surface area (Å²) in [6.45, 7) is 13.8. The maximum absolute atomic E-state index is 2.38. The van der Waals surface area contributed by atoms with Crippen molar-refractivity contribution >= 4 is 0 Å². The second kappa shape index (κ2) is 7.30. The molecule has 0 amide bonds. The van der Waals surface area contributed by atoms with Crippen molar-refractivity contribution in [2.75, 3.05) is 0 Å². The Hall–Kier alpha value is 0. The van der Waals surface area contributed by atoms with E-state index in [1.54, 1.807) is 0 Å². The van der Waals surface area contributed by atoms with E-state index in [2.05, 4.69) is 41.5 Å². The highest BCUT2D eigenvalue weighted by atomic mass is 14.2. The van der Waals surface area contributed by atoms with Crippen LogP contribution in [-0.2, 0) is 0 Å². The van der Waals surface area contributed by atoms with Gasteiger partial charge in [-0.25, -0.2) is 0 Å². The standard InChI is InChI=1S/C8H16.C7H16/c1-7-5-3-4-6-8(7)2;1-5-7(3,4)6-2/h7-8H,3-6H2,1-2H3;5-6H2,1-4H3/t7-,8+;. The normalized spacial score (nSPS) is 26.8. The molecule has 1 aliphatic rings. The number of hydrogen-bond donors (Lipinski definition) is 0. The molecule has 1 rings (SSSR count). The molecule has 92 valence electrons. The van der Waals surface area contributed by atoms with Crippen LogP contribution >= 0.6 is 0 Å². The first kappa shape index (κ1) is 15.0. The van der Waals surface area contributed by atoms with Crippen LogP contribution in [0.1, 0.15) is 80.1 Å². The van der Waals surface area contributed by atoms with Crippen molar-refractivity contribution in [3.05, 3.63) is 0 Å². The molecule has 0 heteroatoms. The molecular weight excluding hydrogens is 180 g/mol. The highest BCUT2D eigenvalue weighted by Crippen LogP contribution is 2.28. The summed E-state index contributed by atoms with van der Waals surface area (Å²) in [5.74, 6) is 2.01. The first-order valence-corrected chi connectivity index (χ1v) is 6.93. The topological polar surface area (TPSA) is 0 Å². The van der Waals surface area contributed by atoms with Gasteiger partial charge in [0.05, 0.1) is 0 Å². The van der Waals surface area contributed by atoms with Crippen molar-refractivity contribution in [1.82, 2.24) is 0 Å². The molecule has 0 heterocycles. The van der Waals surface area contributed by atoms with Gasteiger partial charge < -0.3 is 0 Å². The third-order valence-electron chi connectivity index (χ3n) is 4.45. The fraction of sp³-hybridized carbons (Fsp3) is 1.00. The van der Waals surface area contributed by atoms with E-state index in [1.807, 2.05) is 0 Å². The molecule has 2 atom stereocenters. The summed E-state index contributed by atoms with van der Waals surface area (Å²) in [6, 6.07) is 0. The average Bonchev–Trinajstić information content (AvgIpc) is 2.23. The quantitative estimate of drug-likeness (QED) is 0.553. The van der Waals surface area contributed by atoms with Crippen LogP contribution in [0.2, 0.25) is 0 Å². The van der Waals surface area contributed by atoms with Crippen LogP contribution in [0, 0.1) is 17.3 Å². The zero-order valence-corrected chi connectivity index (χ0v) is 11.9. The summed E-state index contributed by atoms with van der Waals surface area (Å²) < 4.78 is 0. The van der Waals surface area contributed by atoms with Gasteiger partial charge in [0.25, 0.3) is 0 Å². The van der Waals surface area contributed by atoms with Crippen molar-refractivity contribution < 1.29 is 0 Å². The van der Waals surface area contributed by atoms with E-state index in [9.17, 15) is 0 Å². The smallest absolute Gasteiger partial charge is 0.0359 e. The second-order valence-corrected chi connectivity index (χ2v) is 6.11. The minimum atomic E-state index is 0.583. The fourth-order valence-electron chi connectivity index (χ4n) is 1.75. The monoisotopic (exact) mass is 212 g/mol. The van der Waals surface area contributed by atoms with Gasteiger partial charge in [-0.2, -0.15) is 0 Å². The molecule has 1 saturated carbocycles. The van der Waals surface area contributed by atoms with Crippen LogP contribution in [0.4, 0.5) is 0 Å². The molecule has 1 aliphatic carbocycles. The molecule has 0 aliphatic heterocycles. The van der Waals surface area contributed by atoms with Crippen LogP contribution in [0.15, 0.2) is 0 Å². The van der Waals surface area contributed by atoms with Crippen molar-refractivity contribution in [2.45, 2.75) is 80.1 Å². The van der Waals surface area contributed by atoms with Crippen LogP contribution in [0.25, 0.3) is 0 Å². The first-order chi connectivity index (χ1) is 6.93. The highest BCUT2D eigenvalue weighted by molar-refractivity contribution is 4.67. The van der Waals surface area contributed by atoms with Crippen LogP contribution in [-0.4, -0.2) is 0 Å². The lowest BCUT2D eigenvalue weighted by molar-refractivity contribution is 0.277. The molecule has 0 aromatic heterocycles. The van der Waals surface area contributed by atoms with E-state index >= 15 is 0 Å². The molecule has 0 aromatic carbocycles. The zero-order chi connectivity index (χ0) is 11.9. The molecule has 0 nitrogen and oxygen atoms in total. The lowest BCUT2D eigenvalue weighted by Crippen LogP contribution is -2.12. The molecule has 1 fully saturated rings. The summed E-state index contributed by atoms with van der Waals surface area (Å²) in [5.41, 5.74) is 0.583. The Morgan fingerprint density at radius 3 is 1.33 bits per heavy atom. The fourth-order valence-corrected chi connectivity index (χ4v) is 1.75. The molecule has 0 N–H and O–H groups in total.